The van der Waals surface area contributed by atoms with Crippen LogP contribution < -0.4 is 16.0 Å². The summed E-state index contributed by atoms with van der Waals surface area (Å²) >= 11 is 0. The Bertz CT molecular complexity index is 893. The molecule has 0 radical (unpaired) electrons. The number of nitrogens with one attached hydrogen (secondary N) is 3. The summed E-state index contributed by atoms with van der Waals surface area (Å²) in [5.74, 6) is -1.48. The molecule has 0 unspecified atom stereocenters. The lowest BCUT2D eigenvalue weighted by atomic mass is 10.1. The molecule has 3 amide bonds. The van der Waals surface area contributed by atoms with Crippen molar-refractivity contribution >= 4 is 35.1 Å². The van der Waals surface area contributed by atoms with Gasteiger partial charge in [0.05, 0.1) is 6.42 Å². The Morgan fingerprint density at radius 3 is 2.31 bits per heavy atom. The van der Waals surface area contributed by atoms with Gasteiger partial charge in [-0.15, -0.1) is 0 Å². The number of esters is 1. The Balaban J connectivity index is 1.81. The van der Waals surface area contributed by atoms with E-state index in [1.54, 1.807) is 48.5 Å². The first-order valence-electron chi connectivity index (χ1n) is 9.07. The van der Waals surface area contributed by atoms with Gasteiger partial charge in [-0.1, -0.05) is 18.2 Å². The summed E-state index contributed by atoms with van der Waals surface area (Å²) < 4.78 is 4.99. The van der Waals surface area contributed by atoms with Crippen LogP contribution in [0, 0.1) is 0 Å². The molecule has 0 aromatic heterocycles. The highest BCUT2D eigenvalue weighted by Gasteiger charge is 2.11. The second-order valence-corrected chi connectivity index (χ2v) is 6.20. The zero-order valence-electron chi connectivity index (χ0n) is 16.3. The van der Waals surface area contributed by atoms with Crippen LogP contribution in [0.4, 0.5) is 11.4 Å². The van der Waals surface area contributed by atoms with Gasteiger partial charge >= 0.3 is 5.97 Å². The zero-order chi connectivity index (χ0) is 21.2. The smallest absolute Gasteiger partial charge is 0.310 e. The maximum Gasteiger partial charge on any atom is 0.310 e. The van der Waals surface area contributed by atoms with Crippen LogP contribution in [-0.2, 0) is 25.5 Å². The number of carbonyl (C=O) groups excluding carboxylic acids is 4. The van der Waals surface area contributed by atoms with E-state index >= 15 is 0 Å². The van der Waals surface area contributed by atoms with Crippen molar-refractivity contribution in [1.82, 2.24) is 5.32 Å². The molecule has 0 aliphatic carbocycles. The van der Waals surface area contributed by atoms with E-state index in [4.69, 9.17) is 4.74 Å². The fourth-order valence-electron chi connectivity index (χ4n) is 2.47. The first kappa shape index (κ1) is 21.6. The van der Waals surface area contributed by atoms with Crippen molar-refractivity contribution in [1.29, 1.82) is 0 Å². The number of rotatable bonds is 8. The van der Waals surface area contributed by atoms with Gasteiger partial charge in [0.2, 0.25) is 5.91 Å². The molecule has 2 aromatic carbocycles. The van der Waals surface area contributed by atoms with Gasteiger partial charge in [-0.25, -0.2) is 0 Å². The van der Waals surface area contributed by atoms with E-state index in [0.717, 1.165) is 0 Å². The van der Waals surface area contributed by atoms with Crippen LogP contribution in [0.1, 0.15) is 29.8 Å². The van der Waals surface area contributed by atoms with Gasteiger partial charge in [0.1, 0.15) is 0 Å². The predicted octanol–water partition coefficient (Wildman–Crippen LogP) is 2.12. The Morgan fingerprint density at radius 1 is 0.931 bits per heavy atom. The third-order valence-corrected chi connectivity index (χ3v) is 3.73. The minimum Gasteiger partial charge on any atom is -0.455 e. The molecule has 29 heavy (non-hydrogen) atoms. The van der Waals surface area contributed by atoms with E-state index < -0.39 is 18.5 Å². The van der Waals surface area contributed by atoms with Gasteiger partial charge < -0.3 is 20.7 Å². The molecule has 0 spiro atoms. The lowest BCUT2D eigenvalue weighted by molar-refractivity contribution is -0.146. The molecule has 8 heteroatoms. The molecule has 0 atom stereocenters. The third-order valence-electron chi connectivity index (χ3n) is 3.73. The van der Waals surface area contributed by atoms with Crippen LogP contribution in [0.3, 0.4) is 0 Å². The van der Waals surface area contributed by atoms with Crippen molar-refractivity contribution < 1.29 is 23.9 Å². The molecule has 0 saturated heterocycles. The summed E-state index contributed by atoms with van der Waals surface area (Å²) in [4.78, 5) is 46.7. The van der Waals surface area contributed by atoms with E-state index in [1.165, 1.54) is 6.92 Å². The highest BCUT2D eigenvalue weighted by Crippen LogP contribution is 2.12. The third kappa shape index (κ3) is 7.45. The van der Waals surface area contributed by atoms with Crippen molar-refractivity contribution in [3.63, 3.8) is 0 Å². The molecule has 3 N–H and O–H groups in total. The maximum absolute atomic E-state index is 12.0. The first-order chi connectivity index (χ1) is 13.9. The normalized spacial score (nSPS) is 10.0. The molecule has 0 bridgehead atoms. The van der Waals surface area contributed by atoms with Crippen LogP contribution in [0.15, 0.2) is 48.5 Å². The molecule has 0 aliphatic rings. The molecule has 0 fully saturated rings. The second-order valence-electron chi connectivity index (χ2n) is 6.20. The van der Waals surface area contributed by atoms with E-state index in [1.807, 2.05) is 6.92 Å². The fraction of sp³-hybridized carbons (Fsp3) is 0.238. The first-order valence-corrected chi connectivity index (χ1v) is 9.07. The SMILES string of the molecule is CCNC(=O)c1cccc(NC(=O)COC(=O)Cc2ccc(NC(C)=O)cc2)c1. The standard InChI is InChI=1S/C21H23N3O5/c1-3-22-21(28)16-5-4-6-18(12-16)24-19(26)13-29-20(27)11-15-7-9-17(10-8-15)23-14(2)25/h4-10,12H,3,11,13H2,1-2H3,(H,22,28)(H,23,25)(H,24,26). The lowest BCUT2D eigenvalue weighted by Crippen LogP contribution is -2.24. The van der Waals surface area contributed by atoms with Crippen molar-refractivity contribution in [2.75, 3.05) is 23.8 Å². The van der Waals surface area contributed by atoms with E-state index in [-0.39, 0.29) is 18.2 Å². The van der Waals surface area contributed by atoms with Crippen molar-refractivity contribution in [3.05, 3.63) is 59.7 Å². The Hall–Kier alpha value is -3.68. The van der Waals surface area contributed by atoms with Crippen LogP contribution in [-0.4, -0.2) is 36.8 Å². The van der Waals surface area contributed by atoms with Gasteiger partial charge in [0.15, 0.2) is 6.61 Å². The predicted molar refractivity (Wildman–Crippen MR) is 108 cm³/mol. The average Bonchev–Trinajstić information content (AvgIpc) is 2.68. The Morgan fingerprint density at radius 2 is 1.66 bits per heavy atom. The molecule has 0 aliphatic heterocycles. The molecular weight excluding hydrogens is 374 g/mol. The quantitative estimate of drug-likeness (QED) is 0.591. The van der Waals surface area contributed by atoms with Gasteiger partial charge in [-0.2, -0.15) is 0 Å². The van der Waals surface area contributed by atoms with Crippen LogP contribution in [0.5, 0.6) is 0 Å². The highest BCUT2D eigenvalue weighted by atomic mass is 16.5. The van der Waals surface area contributed by atoms with Gasteiger partial charge in [0.25, 0.3) is 11.8 Å². The number of hydrogen-bond donors (Lipinski definition) is 3. The van der Waals surface area contributed by atoms with Gasteiger partial charge in [-0.05, 0) is 42.8 Å². The maximum atomic E-state index is 12.0. The summed E-state index contributed by atoms with van der Waals surface area (Å²) in [5, 5.41) is 7.90. The topological polar surface area (TPSA) is 114 Å². The second kappa shape index (κ2) is 10.6. The zero-order valence-corrected chi connectivity index (χ0v) is 16.3. The summed E-state index contributed by atoms with van der Waals surface area (Å²) in [5.41, 5.74) is 2.18. The minimum atomic E-state index is -0.552. The molecule has 8 nitrogen and oxygen atoms in total. The minimum absolute atomic E-state index is 0.000303. The molecule has 2 rings (SSSR count). The highest BCUT2D eigenvalue weighted by molar-refractivity contribution is 5.97. The van der Waals surface area contributed by atoms with Gasteiger partial charge in [-0.3, -0.25) is 19.2 Å². The number of ether oxygens (including phenoxy) is 1. The summed E-state index contributed by atoms with van der Waals surface area (Å²) in [6.45, 7) is 3.29. The van der Waals surface area contributed by atoms with Crippen molar-refractivity contribution in [2.45, 2.75) is 20.3 Å². The number of carbonyl (C=O) groups is 4. The Kier molecular flexibility index (Phi) is 7.90. The average molecular weight is 397 g/mol. The summed E-state index contributed by atoms with van der Waals surface area (Å²) in [6, 6.07) is 13.2. The number of hydrogen-bond acceptors (Lipinski definition) is 5. The van der Waals surface area contributed by atoms with Crippen molar-refractivity contribution in [2.24, 2.45) is 0 Å². The fourth-order valence-corrected chi connectivity index (χ4v) is 2.47. The van der Waals surface area contributed by atoms with Gasteiger partial charge in [0, 0.05) is 30.4 Å². The number of amides is 3. The van der Waals surface area contributed by atoms with E-state index in [9.17, 15) is 19.2 Å². The van der Waals surface area contributed by atoms with Crippen LogP contribution in [0.25, 0.3) is 0 Å². The largest absolute Gasteiger partial charge is 0.455 e. The monoisotopic (exact) mass is 397 g/mol. The molecule has 0 saturated carbocycles. The van der Waals surface area contributed by atoms with Crippen LogP contribution >= 0.6 is 0 Å². The van der Waals surface area contributed by atoms with E-state index in [2.05, 4.69) is 16.0 Å². The molecular formula is C21H23N3O5. The number of anilines is 2. The van der Waals surface area contributed by atoms with E-state index in [0.29, 0.717) is 29.0 Å². The lowest BCUT2D eigenvalue weighted by Gasteiger charge is -2.09. The molecule has 2 aromatic rings. The summed E-state index contributed by atoms with van der Waals surface area (Å²) in [6.07, 6.45) is 0.000303. The molecule has 0 heterocycles. The van der Waals surface area contributed by atoms with Crippen molar-refractivity contribution in [3.8, 4) is 0 Å². The Labute approximate surface area is 168 Å². The van der Waals surface area contributed by atoms with Crippen LogP contribution in [0.2, 0.25) is 0 Å². The number of benzene rings is 2. The summed E-state index contributed by atoms with van der Waals surface area (Å²) in [7, 11) is 0. The molecule has 152 valence electrons.